The maximum atomic E-state index is 5.89. The van der Waals surface area contributed by atoms with E-state index in [9.17, 15) is 0 Å². The molecule has 0 spiro atoms. The molecule has 0 N–H and O–H groups in total. The summed E-state index contributed by atoms with van der Waals surface area (Å²) in [7, 11) is 0. The van der Waals surface area contributed by atoms with Crippen LogP contribution in [0.15, 0.2) is 42.5 Å². The van der Waals surface area contributed by atoms with Crippen molar-refractivity contribution in [3.8, 4) is 5.75 Å². The van der Waals surface area contributed by atoms with Crippen molar-refractivity contribution in [1.29, 1.82) is 0 Å². The Morgan fingerprint density at radius 3 is 2.61 bits per heavy atom. The van der Waals surface area contributed by atoms with Gasteiger partial charge in [-0.15, -0.1) is 0 Å². The van der Waals surface area contributed by atoms with Crippen LogP contribution in [0, 0.1) is 0 Å². The summed E-state index contributed by atoms with van der Waals surface area (Å²) >= 11 is 0. The first-order valence-electron chi connectivity index (χ1n) is 6.57. The first-order valence-corrected chi connectivity index (χ1v) is 6.57. The van der Waals surface area contributed by atoms with Crippen molar-refractivity contribution in [3.05, 3.63) is 42.5 Å². The van der Waals surface area contributed by atoms with Crippen molar-refractivity contribution in [2.45, 2.75) is 25.4 Å². The van der Waals surface area contributed by atoms with Crippen LogP contribution >= 0.6 is 0 Å². The van der Waals surface area contributed by atoms with E-state index < -0.39 is 0 Å². The Balaban J connectivity index is 1.74. The summed E-state index contributed by atoms with van der Waals surface area (Å²) in [6.45, 7) is 3.68. The molecule has 2 aromatic carbocycles. The molecular weight excluding hydrogens is 224 g/mol. The molecule has 0 aromatic heterocycles. The summed E-state index contributed by atoms with van der Waals surface area (Å²) in [5.74, 6) is 0.928. The van der Waals surface area contributed by atoms with E-state index in [4.69, 9.17) is 9.47 Å². The number of ether oxygens (including phenoxy) is 2. The van der Waals surface area contributed by atoms with Gasteiger partial charge in [0, 0.05) is 6.42 Å². The summed E-state index contributed by atoms with van der Waals surface area (Å²) in [5.41, 5.74) is -0.0361. The summed E-state index contributed by atoms with van der Waals surface area (Å²) in [4.78, 5) is 0. The molecule has 1 atom stereocenters. The molecule has 2 nitrogen and oxygen atoms in total. The molecule has 1 saturated heterocycles. The number of benzene rings is 2. The van der Waals surface area contributed by atoms with Crippen LogP contribution in [-0.2, 0) is 4.74 Å². The second-order valence-electron chi connectivity index (χ2n) is 4.93. The number of hydrogen-bond donors (Lipinski definition) is 0. The monoisotopic (exact) mass is 242 g/mol. The smallest absolute Gasteiger partial charge is 0.120 e. The molecular formula is C16H18O2. The highest BCUT2D eigenvalue weighted by Gasteiger charge is 2.37. The van der Waals surface area contributed by atoms with Crippen LogP contribution in [0.1, 0.15) is 19.8 Å². The number of hydrogen-bond acceptors (Lipinski definition) is 2. The molecule has 0 amide bonds. The molecule has 1 aliphatic rings. The SMILES string of the molecule is CCC1(COc2ccc3ccccc3c2)CCO1. The molecule has 0 bridgehead atoms. The van der Waals surface area contributed by atoms with Gasteiger partial charge in [0.2, 0.25) is 0 Å². The second kappa shape index (κ2) is 4.62. The van der Waals surface area contributed by atoms with Crippen LogP contribution in [0.4, 0.5) is 0 Å². The van der Waals surface area contributed by atoms with E-state index in [1.807, 2.05) is 6.07 Å². The highest BCUT2D eigenvalue weighted by molar-refractivity contribution is 5.83. The Bertz CT molecular complexity index is 538. The van der Waals surface area contributed by atoms with E-state index in [0.717, 1.165) is 25.2 Å². The van der Waals surface area contributed by atoms with Gasteiger partial charge in [-0.05, 0) is 29.3 Å². The van der Waals surface area contributed by atoms with Gasteiger partial charge >= 0.3 is 0 Å². The van der Waals surface area contributed by atoms with Crippen LogP contribution in [0.3, 0.4) is 0 Å². The molecule has 1 fully saturated rings. The van der Waals surface area contributed by atoms with Crippen molar-refractivity contribution in [2.24, 2.45) is 0 Å². The van der Waals surface area contributed by atoms with Gasteiger partial charge in [0.05, 0.1) is 6.61 Å². The van der Waals surface area contributed by atoms with Crippen molar-refractivity contribution < 1.29 is 9.47 Å². The summed E-state index contributed by atoms with van der Waals surface area (Å²) < 4.78 is 11.5. The fraction of sp³-hybridized carbons (Fsp3) is 0.375. The van der Waals surface area contributed by atoms with E-state index in [-0.39, 0.29) is 5.60 Å². The third-order valence-electron chi connectivity index (χ3n) is 3.83. The van der Waals surface area contributed by atoms with Gasteiger partial charge in [-0.1, -0.05) is 37.3 Å². The Morgan fingerprint density at radius 2 is 1.94 bits per heavy atom. The Labute approximate surface area is 108 Å². The minimum absolute atomic E-state index is 0.0361. The highest BCUT2D eigenvalue weighted by atomic mass is 16.6. The van der Waals surface area contributed by atoms with Crippen LogP contribution in [-0.4, -0.2) is 18.8 Å². The minimum Gasteiger partial charge on any atom is -0.491 e. The Morgan fingerprint density at radius 1 is 1.17 bits per heavy atom. The summed E-state index contributed by atoms with van der Waals surface area (Å²) in [5, 5.41) is 2.46. The minimum atomic E-state index is -0.0361. The van der Waals surface area contributed by atoms with Gasteiger partial charge in [-0.2, -0.15) is 0 Å². The fourth-order valence-electron chi connectivity index (χ4n) is 2.36. The maximum Gasteiger partial charge on any atom is 0.120 e. The van der Waals surface area contributed by atoms with Crippen molar-refractivity contribution in [1.82, 2.24) is 0 Å². The quantitative estimate of drug-likeness (QED) is 0.812. The lowest BCUT2D eigenvalue weighted by atomic mass is 9.93. The third kappa shape index (κ3) is 2.08. The van der Waals surface area contributed by atoms with Crippen molar-refractivity contribution >= 4 is 10.8 Å². The zero-order chi connectivity index (χ0) is 12.4. The van der Waals surface area contributed by atoms with Gasteiger partial charge in [-0.25, -0.2) is 0 Å². The van der Waals surface area contributed by atoms with Crippen LogP contribution in [0.2, 0.25) is 0 Å². The molecule has 0 saturated carbocycles. The second-order valence-corrected chi connectivity index (χ2v) is 4.93. The van der Waals surface area contributed by atoms with Crippen molar-refractivity contribution in [2.75, 3.05) is 13.2 Å². The predicted molar refractivity (Wildman–Crippen MR) is 73.0 cm³/mol. The molecule has 1 heterocycles. The molecule has 2 aromatic rings. The average molecular weight is 242 g/mol. The summed E-state index contributed by atoms with van der Waals surface area (Å²) in [6, 6.07) is 14.6. The molecule has 1 unspecified atom stereocenters. The lowest BCUT2D eigenvalue weighted by molar-refractivity contribution is -0.166. The van der Waals surface area contributed by atoms with Gasteiger partial charge in [-0.3, -0.25) is 0 Å². The number of fused-ring (bicyclic) bond motifs is 1. The zero-order valence-corrected chi connectivity index (χ0v) is 10.7. The molecule has 18 heavy (non-hydrogen) atoms. The molecule has 0 radical (unpaired) electrons. The van der Waals surface area contributed by atoms with Crippen LogP contribution in [0.25, 0.3) is 10.8 Å². The molecule has 1 aliphatic heterocycles. The predicted octanol–water partition coefficient (Wildman–Crippen LogP) is 3.79. The lowest BCUT2D eigenvalue weighted by Crippen LogP contribution is -2.48. The first-order chi connectivity index (χ1) is 8.81. The molecule has 94 valence electrons. The van der Waals surface area contributed by atoms with Crippen LogP contribution < -0.4 is 4.74 Å². The standard InChI is InChI=1S/C16H18O2/c1-2-16(9-10-18-16)12-17-15-8-7-13-5-3-4-6-14(13)11-15/h3-8,11H,2,9-10,12H2,1H3. The Hall–Kier alpha value is -1.54. The largest absolute Gasteiger partial charge is 0.491 e. The molecule has 3 rings (SSSR count). The fourth-order valence-corrected chi connectivity index (χ4v) is 2.36. The first kappa shape index (κ1) is 11.5. The highest BCUT2D eigenvalue weighted by Crippen LogP contribution is 2.31. The maximum absolute atomic E-state index is 5.89. The Kier molecular flexibility index (Phi) is 2.96. The molecule has 0 aliphatic carbocycles. The zero-order valence-electron chi connectivity index (χ0n) is 10.7. The van der Waals surface area contributed by atoms with Gasteiger partial charge < -0.3 is 9.47 Å². The molecule has 2 heteroatoms. The van der Waals surface area contributed by atoms with E-state index in [1.54, 1.807) is 0 Å². The van der Waals surface area contributed by atoms with Gasteiger partial charge in [0.1, 0.15) is 18.0 Å². The van der Waals surface area contributed by atoms with E-state index >= 15 is 0 Å². The van der Waals surface area contributed by atoms with E-state index in [1.165, 1.54) is 10.8 Å². The van der Waals surface area contributed by atoms with Gasteiger partial charge in [0.25, 0.3) is 0 Å². The average Bonchev–Trinajstić information content (AvgIpc) is 2.38. The topological polar surface area (TPSA) is 18.5 Å². The van der Waals surface area contributed by atoms with E-state index in [0.29, 0.717) is 6.61 Å². The van der Waals surface area contributed by atoms with Crippen molar-refractivity contribution in [3.63, 3.8) is 0 Å². The van der Waals surface area contributed by atoms with Crippen LogP contribution in [0.5, 0.6) is 5.75 Å². The lowest BCUT2D eigenvalue weighted by Gasteiger charge is -2.40. The normalized spacial score (nSPS) is 22.7. The third-order valence-corrected chi connectivity index (χ3v) is 3.83. The number of rotatable bonds is 4. The van der Waals surface area contributed by atoms with E-state index in [2.05, 4.69) is 43.3 Å². The summed E-state index contributed by atoms with van der Waals surface area (Å²) in [6.07, 6.45) is 2.12. The van der Waals surface area contributed by atoms with Gasteiger partial charge in [0.15, 0.2) is 0 Å².